The Morgan fingerprint density at radius 1 is 1.00 bits per heavy atom. The van der Waals surface area contributed by atoms with Crippen molar-refractivity contribution in [2.75, 3.05) is 21.3 Å². The maximum atomic E-state index is 13.5. The van der Waals surface area contributed by atoms with E-state index >= 15 is 0 Å². The zero-order valence-corrected chi connectivity index (χ0v) is 21.1. The largest absolute Gasteiger partial charge is 0.497 e. The molecule has 0 amide bonds. The molecule has 1 aromatic heterocycles. The van der Waals surface area contributed by atoms with Crippen LogP contribution in [0, 0.1) is 0 Å². The van der Waals surface area contributed by atoms with Crippen LogP contribution < -0.4 is 24.4 Å². The van der Waals surface area contributed by atoms with Gasteiger partial charge in [0.05, 0.1) is 33.1 Å². The number of rotatable bonds is 5. The number of hydrogen-bond acceptors (Lipinski definition) is 7. The summed E-state index contributed by atoms with van der Waals surface area (Å²) in [4.78, 5) is 30.9. The van der Waals surface area contributed by atoms with Gasteiger partial charge in [-0.15, -0.1) is 0 Å². The van der Waals surface area contributed by atoms with Gasteiger partial charge in [0.15, 0.2) is 4.80 Å². The van der Waals surface area contributed by atoms with Crippen LogP contribution in [0.2, 0.25) is 0 Å². The normalized spacial score (nSPS) is 18.4. The molecule has 0 N–H and O–H groups in total. The van der Waals surface area contributed by atoms with E-state index in [0.29, 0.717) is 9.33 Å². The second-order valence-electron chi connectivity index (χ2n) is 8.55. The molecule has 5 rings (SSSR count). The summed E-state index contributed by atoms with van der Waals surface area (Å²) in [5, 5.41) is 0. The van der Waals surface area contributed by atoms with Crippen molar-refractivity contribution in [3.63, 3.8) is 0 Å². The van der Waals surface area contributed by atoms with Crippen molar-refractivity contribution in [3.05, 3.63) is 96.2 Å². The lowest BCUT2D eigenvalue weighted by Gasteiger charge is -2.31. The molecule has 0 bridgehead atoms. The monoisotopic (exact) mass is 502 g/mol. The van der Waals surface area contributed by atoms with Crippen LogP contribution in [-0.2, 0) is 9.53 Å². The van der Waals surface area contributed by atoms with Crippen molar-refractivity contribution in [2.24, 2.45) is 4.99 Å². The first-order valence-electron chi connectivity index (χ1n) is 11.6. The predicted molar refractivity (Wildman–Crippen MR) is 139 cm³/mol. The van der Waals surface area contributed by atoms with Gasteiger partial charge in [0, 0.05) is 6.08 Å². The second kappa shape index (κ2) is 9.99. The van der Waals surface area contributed by atoms with Gasteiger partial charge in [-0.2, -0.15) is 0 Å². The molecule has 36 heavy (non-hydrogen) atoms. The molecular weight excluding hydrogens is 476 g/mol. The minimum absolute atomic E-state index is 0.247. The summed E-state index contributed by atoms with van der Waals surface area (Å²) in [6, 6.07) is 15.4. The van der Waals surface area contributed by atoms with E-state index in [9.17, 15) is 9.59 Å². The van der Waals surface area contributed by atoms with Gasteiger partial charge >= 0.3 is 5.97 Å². The van der Waals surface area contributed by atoms with E-state index < -0.39 is 5.97 Å². The smallest absolute Gasteiger partial charge is 0.332 e. The van der Waals surface area contributed by atoms with E-state index in [2.05, 4.69) is 6.08 Å². The average Bonchev–Trinajstić information content (AvgIpc) is 3.22. The number of esters is 1. The molecular formula is C28H26N2O5S. The van der Waals surface area contributed by atoms with Crippen LogP contribution in [0.25, 0.3) is 12.2 Å². The number of carbonyl (C=O) groups is 1. The highest BCUT2D eigenvalue weighted by Crippen LogP contribution is 2.41. The molecule has 2 heterocycles. The fourth-order valence-corrected chi connectivity index (χ4v) is 5.67. The third-order valence-electron chi connectivity index (χ3n) is 6.47. The van der Waals surface area contributed by atoms with Gasteiger partial charge in [-0.3, -0.25) is 9.36 Å². The van der Waals surface area contributed by atoms with E-state index in [1.165, 1.54) is 24.5 Å². The third-order valence-corrected chi connectivity index (χ3v) is 7.45. The van der Waals surface area contributed by atoms with Gasteiger partial charge in [0.1, 0.15) is 16.0 Å². The minimum atomic E-state index is -0.565. The summed E-state index contributed by atoms with van der Waals surface area (Å²) in [6.07, 6.45) is 6.07. The van der Waals surface area contributed by atoms with Crippen LogP contribution in [0.4, 0.5) is 0 Å². The zero-order chi connectivity index (χ0) is 25.2. The highest BCUT2D eigenvalue weighted by Gasteiger charge is 2.32. The summed E-state index contributed by atoms with van der Waals surface area (Å²) in [6.45, 7) is 0. The molecule has 2 aromatic carbocycles. The van der Waals surface area contributed by atoms with Crippen LogP contribution in [0.5, 0.6) is 11.5 Å². The lowest BCUT2D eigenvalue weighted by atomic mass is 9.84. The Hall–Kier alpha value is -3.91. The van der Waals surface area contributed by atoms with E-state index in [-0.39, 0.29) is 11.6 Å². The maximum Gasteiger partial charge on any atom is 0.332 e. The summed E-state index contributed by atoms with van der Waals surface area (Å²) in [5.74, 6) is 0.986. The summed E-state index contributed by atoms with van der Waals surface area (Å²) >= 11 is 1.21. The number of methoxy groups -OCH3 is 3. The average molecular weight is 503 g/mol. The highest BCUT2D eigenvalue weighted by atomic mass is 32.1. The van der Waals surface area contributed by atoms with Gasteiger partial charge in [-0.05, 0) is 71.9 Å². The minimum Gasteiger partial charge on any atom is -0.497 e. The quantitative estimate of drug-likeness (QED) is 0.498. The van der Waals surface area contributed by atoms with Crippen molar-refractivity contribution in [2.45, 2.75) is 25.3 Å². The van der Waals surface area contributed by atoms with Crippen LogP contribution in [0.1, 0.15) is 36.4 Å². The first-order valence-corrected chi connectivity index (χ1v) is 12.5. The molecule has 1 aliphatic heterocycles. The topological polar surface area (TPSA) is 79.1 Å². The molecule has 1 unspecified atom stereocenters. The Labute approximate surface area is 212 Å². The van der Waals surface area contributed by atoms with Crippen LogP contribution in [-0.4, -0.2) is 31.9 Å². The number of thiazole rings is 1. The number of hydrogen-bond donors (Lipinski definition) is 0. The summed E-state index contributed by atoms with van der Waals surface area (Å²) in [7, 11) is 4.58. The van der Waals surface area contributed by atoms with Crippen LogP contribution in [0.3, 0.4) is 0 Å². The van der Waals surface area contributed by atoms with Crippen molar-refractivity contribution in [1.29, 1.82) is 0 Å². The van der Waals surface area contributed by atoms with Gasteiger partial charge in [-0.25, -0.2) is 9.79 Å². The Bertz CT molecular complexity index is 1540. The number of fused-ring (bicyclic) bond motifs is 1. The van der Waals surface area contributed by atoms with Crippen molar-refractivity contribution in [3.8, 4) is 11.5 Å². The number of carbonyl (C=O) groups excluding carboxylic acids is 1. The molecule has 1 aliphatic carbocycles. The van der Waals surface area contributed by atoms with Crippen LogP contribution >= 0.6 is 11.3 Å². The van der Waals surface area contributed by atoms with Gasteiger partial charge < -0.3 is 14.2 Å². The van der Waals surface area contributed by atoms with Crippen molar-refractivity contribution >= 4 is 29.5 Å². The third kappa shape index (κ3) is 4.40. The molecule has 1 atom stereocenters. The lowest BCUT2D eigenvalue weighted by Crippen LogP contribution is -2.39. The van der Waals surface area contributed by atoms with E-state index in [0.717, 1.165) is 58.7 Å². The molecule has 0 radical (unpaired) electrons. The van der Waals surface area contributed by atoms with Gasteiger partial charge in [-0.1, -0.05) is 35.6 Å². The Balaban J connectivity index is 1.71. The number of allylic oxidation sites excluding steroid dienone is 2. The van der Waals surface area contributed by atoms with Crippen molar-refractivity contribution in [1.82, 2.24) is 4.57 Å². The van der Waals surface area contributed by atoms with Crippen molar-refractivity contribution < 1.29 is 19.0 Å². The number of ether oxygens (including phenoxy) is 3. The molecule has 8 heteroatoms. The molecule has 0 fully saturated rings. The van der Waals surface area contributed by atoms with E-state index in [4.69, 9.17) is 19.2 Å². The molecule has 3 aromatic rings. The second-order valence-corrected chi connectivity index (χ2v) is 9.56. The molecule has 7 nitrogen and oxygen atoms in total. The number of aromatic nitrogens is 1. The van der Waals surface area contributed by atoms with E-state index in [1.807, 2.05) is 48.5 Å². The summed E-state index contributed by atoms with van der Waals surface area (Å²) in [5.41, 5.74) is 4.93. The predicted octanol–water partition coefficient (Wildman–Crippen LogP) is 3.62. The highest BCUT2D eigenvalue weighted by molar-refractivity contribution is 7.07. The molecule has 2 aliphatic rings. The maximum absolute atomic E-state index is 13.5. The first kappa shape index (κ1) is 23.8. The Kier molecular flexibility index (Phi) is 6.61. The Morgan fingerprint density at radius 3 is 2.31 bits per heavy atom. The molecule has 184 valence electrons. The molecule has 0 spiro atoms. The fraction of sp³-hybridized carbons (Fsp3) is 0.250. The summed E-state index contributed by atoms with van der Waals surface area (Å²) < 4.78 is 17.4. The van der Waals surface area contributed by atoms with Gasteiger partial charge in [0.2, 0.25) is 0 Å². The zero-order valence-electron chi connectivity index (χ0n) is 20.3. The number of benzene rings is 2. The standard InChI is InChI=1S/C28H26N2O5S/c1-33-20-11-7-17(8-12-20)15-19-5-4-6-22-25(19)29-28-30(27(32)23(36-28)16-24(31)35-3)26(22)18-9-13-21(34-2)14-10-18/h7-16,26H,4-6H2,1-3H3/b19-15+,23-16-. The van der Waals surface area contributed by atoms with E-state index in [1.54, 1.807) is 18.8 Å². The van der Waals surface area contributed by atoms with Crippen LogP contribution in [0.15, 0.2) is 75.2 Å². The SMILES string of the molecule is COC(=O)/C=c1\sc2n(c1=O)C(c1ccc(OC)cc1)C1=C(N=2)/C(=C/c2ccc(OC)cc2)CCC1. The fourth-order valence-electron chi connectivity index (χ4n) is 4.71. The first-order chi connectivity index (χ1) is 17.5. The Morgan fingerprint density at radius 2 is 1.67 bits per heavy atom. The number of nitrogens with zero attached hydrogens (tertiary/aromatic N) is 2. The lowest BCUT2D eigenvalue weighted by molar-refractivity contribution is -0.133. The van der Waals surface area contributed by atoms with Gasteiger partial charge in [0.25, 0.3) is 5.56 Å². The molecule has 0 saturated carbocycles. The molecule has 0 saturated heterocycles.